The number of piperidine rings is 2. The monoisotopic (exact) mass is 414 g/mol. The summed E-state index contributed by atoms with van der Waals surface area (Å²) in [5.74, 6) is 0.783. The molecule has 1 aromatic carbocycles. The minimum atomic E-state index is 0.111. The van der Waals surface area contributed by atoms with Crippen LogP contribution in [-0.4, -0.2) is 86.9 Å². The lowest BCUT2D eigenvalue weighted by molar-refractivity contribution is -0.133. The summed E-state index contributed by atoms with van der Waals surface area (Å²) in [7, 11) is 8.10. The lowest BCUT2D eigenvalue weighted by Gasteiger charge is -2.36. The molecular formula is C24H38N4O2. The van der Waals surface area contributed by atoms with E-state index >= 15 is 0 Å². The number of benzene rings is 1. The van der Waals surface area contributed by atoms with Gasteiger partial charge in [0.25, 0.3) is 5.91 Å². The summed E-state index contributed by atoms with van der Waals surface area (Å²) < 4.78 is 0. The zero-order chi connectivity index (χ0) is 21.7. The Labute approximate surface area is 181 Å². The molecule has 6 nitrogen and oxygen atoms in total. The molecule has 0 radical (unpaired) electrons. The minimum absolute atomic E-state index is 0.111. The van der Waals surface area contributed by atoms with Crippen LogP contribution in [0.2, 0.25) is 0 Å². The quantitative estimate of drug-likeness (QED) is 0.718. The molecule has 2 fully saturated rings. The first-order valence-electron chi connectivity index (χ1n) is 11.4. The van der Waals surface area contributed by atoms with Gasteiger partial charge in [0.05, 0.1) is 0 Å². The van der Waals surface area contributed by atoms with E-state index in [2.05, 4.69) is 11.9 Å². The summed E-state index contributed by atoms with van der Waals surface area (Å²) in [6, 6.07) is 8.20. The fraction of sp³-hybridized carbons (Fsp3) is 0.667. The van der Waals surface area contributed by atoms with Crippen LogP contribution in [0.15, 0.2) is 24.3 Å². The van der Waals surface area contributed by atoms with Crippen molar-refractivity contribution in [1.82, 2.24) is 14.7 Å². The van der Waals surface area contributed by atoms with Crippen LogP contribution in [0.5, 0.6) is 0 Å². The van der Waals surface area contributed by atoms with Gasteiger partial charge in [0.2, 0.25) is 5.91 Å². The molecule has 6 heteroatoms. The Bertz CT molecular complexity index is 710. The second kappa shape index (κ2) is 10.3. The third kappa shape index (κ3) is 5.75. The van der Waals surface area contributed by atoms with Crippen molar-refractivity contribution in [2.24, 2.45) is 5.92 Å². The SMILES string of the molecule is CN1CCC(N(C)C(=O)CC[C@@H]2CCCN(C(=O)c3ccc(N(C)C)cc3)C2)CC1. The predicted octanol–water partition coefficient (Wildman–Crippen LogP) is 2.94. The molecule has 2 aliphatic rings. The van der Waals surface area contributed by atoms with E-state index in [1.807, 2.05) is 60.1 Å². The van der Waals surface area contributed by atoms with Gasteiger partial charge >= 0.3 is 0 Å². The topological polar surface area (TPSA) is 47.1 Å². The van der Waals surface area contributed by atoms with Gasteiger partial charge in [-0.15, -0.1) is 0 Å². The third-order valence-electron chi connectivity index (χ3n) is 6.83. The number of carbonyl (C=O) groups is 2. The van der Waals surface area contributed by atoms with Gasteiger partial charge in [-0.25, -0.2) is 0 Å². The Morgan fingerprint density at radius 3 is 2.30 bits per heavy atom. The first-order valence-corrected chi connectivity index (χ1v) is 11.4. The van der Waals surface area contributed by atoms with Crippen molar-refractivity contribution in [2.45, 2.75) is 44.6 Å². The third-order valence-corrected chi connectivity index (χ3v) is 6.83. The lowest BCUT2D eigenvalue weighted by Crippen LogP contribution is -2.44. The molecule has 2 saturated heterocycles. The van der Waals surface area contributed by atoms with Crippen LogP contribution in [0.25, 0.3) is 0 Å². The van der Waals surface area contributed by atoms with Gasteiger partial charge in [0, 0.05) is 57.9 Å². The van der Waals surface area contributed by atoms with Crippen LogP contribution in [0, 0.1) is 5.92 Å². The van der Waals surface area contributed by atoms with Gasteiger partial charge in [-0.3, -0.25) is 9.59 Å². The molecule has 0 saturated carbocycles. The molecule has 0 bridgehead atoms. The van der Waals surface area contributed by atoms with Gasteiger partial charge in [-0.1, -0.05) is 0 Å². The Morgan fingerprint density at radius 1 is 1.00 bits per heavy atom. The Balaban J connectivity index is 1.48. The number of amides is 2. The molecule has 0 N–H and O–H groups in total. The smallest absolute Gasteiger partial charge is 0.253 e. The van der Waals surface area contributed by atoms with Crippen molar-refractivity contribution in [3.8, 4) is 0 Å². The van der Waals surface area contributed by atoms with Gasteiger partial charge in [-0.05, 0) is 82.4 Å². The van der Waals surface area contributed by atoms with Gasteiger partial charge < -0.3 is 19.6 Å². The van der Waals surface area contributed by atoms with Gasteiger partial charge in [0.15, 0.2) is 0 Å². The number of hydrogen-bond donors (Lipinski definition) is 0. The summed E-state index contributed by atoms with van der Waals surface area (Å²) in [5.41, 5.74) is 1.84. The van der Waals surface area contributed by atoms with E-state index in [9.17, 15) is 9.59 Å². The average molecular weight is 415 g/mol. The second-order valence-corrected chi connectivity index (χ2v) is 9.28. The summed E-state index contributed by atoms with van der Waals surface area (Å²) in [6.45, 7) is 3.71. The molecule has 1 atom stereocenters. The summed E-state index contributed by atoms with van der Waals surface area (Å²) in [4.78, 5) is 34.0. The molecule has 2 amide bonds. The molecule has 166 valence electrons. The predicted molar refractivity (Wildman–Crippen MR) is 122 cm³/mol. The summed E-state index contributed by atoms with van der Waals surface area (Å²) in [5, 5.41) is 0. The highest BCUT2D eigenvalue weighted by atomic mass is 16.2. The first kappa shape index (κ1) is 22.6. The second-order valence-electron chi connectivity index (χ2n) is 9.28. The zero-order valence-electron chi connectivity index (χ0n) is 19.1. The number of nitrogens with zero attached hydrogens (tertiary/aromatic N) is 4. The normalized spacial score (nSPS) is 20.8. The first-order chi connectivity index (χ1) is 14.3. The van der Waals surface area contributed by atoms with Crippen LogP contribution >= 0.6 is 0 Å². The van der Waals surface area contributed by atoms with Crippen LogP contribution in [0.1, 0.15) is 48.9 Å². The maximum atomic E-state index is 12.9. The molecule has 2 aliphatic heterocycles. The van der Waals surface area contributed by atoms with Gasteiger partial charge in [-0.2, -0.15) is 0 Å². The lowest BCUT2D eigenvalue weighted by atomic mass is 9.92. The van der Waals surface area contributed by atoms with Crippen molar-refractivity contribution in [3.63, 3.8) is 0 Å². The van der Waals surface area contributed by atoms with Crippen LogP contribution in [0.3, 0.4) is 0 Å². The summed E-state index contributed by atoms with van der Waals surface area (Å²) >= 11 is 0. The highest BCUT2D eigenvalue weighted by Gasteiger charge is 2.27. The molecule has 1 aromatic rings. The molecule has 30 heavy (non-hydrogen) atoms. The highest BCUT2D eigenvalue weighted by Crippen LogP contribution is 2.24. The average Bonchev–Trinajstić information content (AvgIpc) is 2.77. The largest absolute Gasteiger partial charge is 0.378 e. The molecule has 2 heterocycles. The van der Waals surface area contributed by atoms with E-state index in [1.54, 1.807) is 0 Å². The molecule has 0 aromatic heterocycles. The molecule has 0 spiro atoms. The van der Waals surface area contributed by atoms with Gasteiger partial charge in [0.1, 0.15) is 0 Å². The fourth-order valence-electron chi connectivity index (χ4n) is 4.66. The number of rotatable bonds is 6. The highest BCUT2D eigenvalue weighted by molar-refractivity contribution is 5.94. The maximum Gasteiger partial charge on any atom is 0.253 e. The van der Waals surface area contributed by atoms with Crippen molar-refractivity contribution in [1.29, 1.82) is 0 Å². The zero-order valence-corrected chi connectivity index (χ0v) is 19.1. The Morgan fingerprint density at radius 2 is 1.67 bits per heavy atom. The van der Waals surface area contributed by atoms with Crippen molar-refractivity contribution in [3.05, 3.63) is 29.8 Å². The van der Waals surface area contributed by atoms with Crippen molar-refractivity contribution < 1.29 is 9.59 Å². The van der Waals surface area contributed by atoms with Crippen molar-refractivity contribution in [2.75, 3.05) is 59.3 Å². The number of likely N-dealkylation sites (tertiary alicyclic amines) is 2. The number of anilines is 1. The van der Waals surface area contributed by atoms with E-state index in [4.69, 9.17) is 0 Å². The Hall–Kier alpha value is -2.08. The molecule has 0 aliphatic carbocycles. The molecule has 3 rings (SSSR count). The van der Waals surface area contributed by atoms with E-state index in [0.717, 1.165) is 69.5 Å². The number of carbonyl (C=O) groups excluding carboxylic acids is 2. The van der Waals surface area contributed by atoms with Crippen LogP contribution in [0.4, 0.5) is 5.69 Å². The van der Waals surface area contributed by atoms with Crippen LogP contribution in [-0.2, 0) is 4.79 Å². The van der Waals surface area contributed by atoms with E-state index in [1.165, 1.54) is 0 Å². The summed E-state index contributed by atoms with van der Waals surface area (Å²) in [6.07, 6.45) is 5.72. The Kier molecular flexibility index (Phi) is 7.75. The fourth-order valence-corrected chi connectivity index (χ4v) is 4.66. The van der Waals surface area contributed by atoms with Crippen molar-refractivity contribution >= 4 is 17.5 Å². The van der Waals surface area contributed by atoms with Crippen LogP contribution < -0.4 is 4.90 Å². The number of hydrogen-bond acceptors (Lipinski definition) is 4. The van der Waals surface area contributed by atoms with E-state index < -0.39 is 0 Å². The van der Waals surface area contributed by atoms with E-state index in [0.29, 0.717) is 18.4 Å². The maximum absolute atomic E-state index is 12.9. The molecular weight excluding hydrogens is 376 g/mol. The van der Waals surface area contributed by atoms with E-state index in [-0.39, 0.29) is 11.8 Å². The molecule has 0 unspecified atom stereocenters. The standard InChI is InChI=1S/C24H38N4O2/c1-25(2)21-10-8-20(9-11-21)24(30)28-15-5-6-19(18-28)7-12-23(29)27(4)22-13-16-26(3)17-14-22/h8-11,19,22H,5-7,12-18H2,1-4H3/t19-/m0/s1. The minimum Gasteiger partial charge on any atom is -0.378 e.